The van der Waals surface area contributed by atoms with E-state index in [9.17, 15) is 9.18 Å². The summed E-state index contributed by atoms with van der Waals surface area (Å²) in [5.74, 6) is 0.289. The Kier molecular flexibility index (Phi) is 5.74. The quantitative estimate of drug-likeness (QED) is 0.905. The van der Waals surface area contributed by atoms with E-state index in [2.05, 4.69) is 24.1 Å². The number of nitrogens with zero attached hydrogens (tertiary/aromatic N) is 1. The van der Waals surface area contributed by atoms with Crippen LogP contribution < -0.4 is 5.32 Å². The van der Waals surface area contributed by atoms with Gasteiger partial charge in [0.2, 0.25) is 5.91 Å². The van der Waals surface area contributed by atoms with E-state index in [-0.39, 0.29) is 11.7 Å². The summed E-state index contributed by atoms with van der Waals surface area (Å²) in [4.78, 5) is 14.4. The molecule has 2 rings (SSSR count). The average Bonchev–Trinajstić information content (AvgIpc) is 2.48. The van der Waals surface area contributed by atoms with Crippen LogP contribution in [0.4, 0.5) is 4.39 Å². The van der Waals surface area contributed by atoms with Crippen LogP contribution in [-0.4, -0.2) is 36.5 Å². The molecule has 0 unspecified atom stereocenters. The topological polar surface area (TPSA) is 32.3 Å². The number of hydrogen-bond donors (Lipinski definition) is 1. The summed E-state index contributed by atoms with van der Waals surface area (Å²) in [5.41, 5.74) is 0.848. The van der Waals surface area contributed by atoms with Crippen LogP contribution in [0.3, 0.4) is 0 Å². The highest BCUT2D eigenvalue weighted by Crippen LogP contribution is 2.17. The van der Waals surface area contributed by atoms with Gasteiger partial charge in [0, 0.05) is 19.1 Å². The number of rotatable bonds is 5. The highest BCUT2D eigenvalue weighted by atomic mass is 19.1. The summed E-state index contributed by atoms with van der Waals surface area (Å²) >= 11 is 0. The van der Waals surface area contributed by atoms with Gasteiger partial charge in [-0.05, 0) is 56.8 Å². The van der Waals surface area contributed by atoms with Crippen molar-refractivity contribution in [1.82, 2.24) is 10.2 Å². The SMILES string of the molecule is CC(C)N1CCC[C@H](CNC(=O)Cc2ccc(F)cc2)C1. The van der Waals surface area contributed by atoms with Crippen molar-refractivity contribution in [2.24, 2.45) is 5.92 Å². The van der Waals surface area contributed by atoms with Crippen molar-refractivity contribution in [2.45, 2.75) is 39.2 Å². The number of piperidine rings is 1. The Hall–Kier alpha value is -1.42. The fraction of sp³-hybridized carbons (Fsp3) is 0.588. The number of carbonyl (C=O) groups excluding carboxylic acids is 1. The molecule has 1 amide bonds. The zero-order valence-corrected chi connectivity index (χ0v) is 12.9. The molecule has 1 N–H and O–H groups in total. The number of likely N-dealkylation sites (tertiary alicyclic amines) is 1. The van der Waals surface area contributed by atoms with Crippen LogP contribution in [0.5, 0.6) is 0 Å². The predicted molar refractivity (Wildman–Crippen MR) is 82.5 cm³/mol. The minimum absolute atomic E-state index is 0.0169. The third kappa shape index (κ3) is 5.12. The standard InChI is InChI=1S/C17H25FN2O/c1-13(2)20-9-3-4-15(12-20)11-19-17(21)10-14-5-7-16(18)8-6-14/h5-8,13,15H,3-4,9-12H2,1-2H3,(H,19,21)/t15-/m1/s1. The summed E-state index contributed by atoms with van der Waals surface area (Å²) in [5, 5.41) is 3.02. The number of amides is 1. The van der Waals surface area contributed by atoms with Crippen molar-refractivity contribution in [2.75, 3.05) is 19.6 Å². The maximum atomic E-state index is 12.8. The first kappa shape index (κ1) is 16.0. The van der Waals surface area contributed by atoms with Gasteiger partial charge in [-0.2, -0.15) is 0 Å². The second-order valence-corrected chi connectivity index (χ2v) is 6.20. The molecule has 0 spiro atoms. The molecular weight excluding hydrogens is 267 g/mol. The molecule has 1 fully saturated rings. The third-order valence-corrected chi connectivity index (χ3v) is 4.15. The van der Waals surface area contributed by atoms with Gasteiger partial charge in [0.1, 0.15) is 5.82 Å². The first-order valence-electron chi connectivity index (χ1n) is 7.80. The van der Waals surface area contributed by atoms with E-state index in [1.807, 2.05) is 0 Å². The highest BCUT2D eigenvalue weighted by Gasteiger charge is 2.21. The molecule has 0 radical (unpaired) electrons. The maximum absolute atomic E-state index is 12.8. The van der Waals surface area contributed by atoms with Crippen molar-refractivity contribution in [3.05, 3.63) is 35.6 Å². The summed E-state index contributed by atoms with van der Waals surface area (Å²) in [7, 11) is 0. The van der Waals surface area contributed by atoms with Gasteiger partial charge in [0.25, 0.3) is 0 Å². The van der Waals surface area contributed by atoms with Gasteiger partial charge in [-0.15, -0.1) is 0 Å². The predicted octanol–water partition coefficient (Wildman–Crippen LogP) is 2.60. The largest absolute Gasteiger partial charge is 0.355 e. The molecule has 1 saturated heterocycles. The molecule has 1 aromatic carbocycles. The Morgan fingerprint density at radius 2 is 2.10 bits per heavy atom. The molecule has 1 aliphatic heterocycles. The monoisotopic (exact) mass is 292 g/mol. The van der Waals surface area contributed by atoms with Crippen LogP contribution in [0.25, 0.3) is 0 Å². The van der Waals surface area contributed by atoms with E-state index >= 15 is 0 Å². The Morgan fingerprint density at radius 3 is 2.76 bits per heavy atom. The molecule has 0 aliphatic carbocycles. The second-order valence-electron chi connectivity index (χ2n) is 6.20. The summed E-state index contributed by atoms with van der Waals surface area (Å²) < 4.78 is 12.8. The number of nitrogens with one attached hydrogen (secondary N) is 1. The minimum atomic E-state index is -0.268. The van der Waals surface area contributed by atoms with Crippen LogP contribution in [0.2, 0.25) is 0 Å². The fourth-order valence-electron chi connectivity index (χ4n) is 2.84. The van der Waals surface area contributed by atoms with E-state index in [1.165, 1.54) is 25.0 Å². The zero-order chi connectivity index (χ0) is 15.2. The molecule has 1 aliphatic rings. The molecule has 1 heterocycles. The summed E-state index contributed by atoms with van der Waals surface area (Å²) in [6.07, 6.45) is 2.71. The molecule has 0 aromatic heterocycles. The number of benzene rings is 1. The second kappa shape index (κ2) is 7.55. The summed E-state index contributed by atoms with van der Waals surface area (Å²) in [6, 6.07) is 6.68. The first-order chi connectivity index (χ1) is 10.0. The minimum Gasteiger partial charge on any atom is -0.355 e. The molecule has 1 atom stereocenters. The highest BCUT2D eigenvalue weighted by molar-refractivity contribution is 5.78. The molecule has 0 bridgehead atoms. The van der Waals surface area contributed by atoms with Crippen LogP contribution in [-0.2, 0) is 11.2 Å². The molecule has 1 aromatic rings. The van der Waals surface area contributed by atoms with Crippen LogP contribution in [0.1, 0.15) is 32.3 Å². The number of halogens is 1. The lowest BCUT2D eigenvalue weighted by Gasteiger charge is -2.35. The van der Waals surface area contributed by atoms with Crippen molar-refractivity contribution >= 4 is 5.91 Å². The molecule has 0 saturated carbocycles. The van der Waals surface area contributed by atoms with E-state index in [4.69, 9.17) is 0 Å². The lowest BCUT2D eigenvalue weighted by atomic mass is 9.97. The molecular formula is C17H25FN2O. The van der Waals surface area contributed by atoms with Gasteiger partial charge in [-0.1, -0.05) is 12.1 Å². The van der Waals surface area contributed by atoms with Gasteiger partial charge in [0.05, 0.1) is 6.42 Å². The van der Waals surface area contributed by atoms with Crippen LogP contribution in [0.15, 0.2) is 24.3 Å². The van der Waals surface area contributed by atoms with Crippen molar-refractivity contribution in [3.8, 4) is 0 Å². The third-order valence-electron chi connectivity index (χ3n) is 4.15. The number of hydrogen-bond acceptors (Lipinski definition) is 2. The van der Waals surface area contributed by atoms with Crippen molar-refractivity contribution in [1.29, 1.82) is 0 Å². The van der Waals surface area contributed by atoms with E-state index in [1.54, 1.807) is 12.1 Å². The Morgan fingerprint density at radius 1 is 1.38 bits per heavy atom. The summed E-state index contributed by atoms with van der Waals surface area (Å²) in [6.45, 7) is 7.40. The van der Waals surface area contributed by atoms with Gasteiger partial charge >= 0.3 is 0 Å². The number of carbonyl (C=O) groups is 1. The first-order valence-corrected chi connectivity index (χ1v) is 7.80. The zero-order valence-electron chi connectivity index (χ0n) is 12.9. The molecule has 21 heavy (non-hydrogen) atoms. The van der Waals surface area contributed by atoms with Gasteiger partial charge in [-0.25, -0.2) is 4.39 Å². The van der Waals surface area contributed by atoms with Gasteiger partial charge < -0.3 is 10.2 Å². The van der Waals surface area contributed by atoms with Crippen molar-refractivity contribution in [3.63, 3.8) is 0 Å². The van der Waals surface area contributed by atoms with E-state index in [0.717, 1.165) is 25.2 Å². The maximum Gasteiger partial charge on any atom is 0.224 e. The Labute approximate surface area is 126 Å². The average molecular weight is 292 g/mol. The molecule has 116 valence electrons. The Bertz CT molecular complexity index is 458. The van der Waals surface area contributed by atoms with Crippen LogP contribution >= 0.6 is 0 Å². The molecule has 3 nitrogen and oxygen atoms in total. The van der Waals surface area contributed by atoms with E-state index in [0.29, 0.717) is 18.4 Å². The smallest absolute Gasteiger partial charge is 0.224 e. The fourth-order valence-corrected chi connectivity index (χ4v) is 2.84. The van der Waals surface area contributed by atoms with Gasteiger partial charge in [-0.3, -0.25) is 4.79 Å². The Balaban J connectivity index is 1.74. The lowest BCUT2D eigenvalue weighted by Crippen LogP contribution is -2.43. The lowest BCUT2D eigenvalue weighted by molar-refractivity contribution is -0.120. The molecule has 4 heteroatoms. The van der Waals surface area contributed by atoms with Crippen LogP contribution in [0, 0.1) is 11.7 Å². The normalized spacial score (nSPS) is 19.7. The van der Waals surface area contributed by atoms with E-state index < -0.39 is 0 Å². The van der Waals surface area contributed by atoms with Crippen molar-refractivity contribution < 1.29 is 9.18 Å². The van der Waals surface area contributed by atoms with Gasteiger partial charge in [0.15, 0.2) is 0 Å².